The van der Waals surface area contributed by atoms with Gasteiger partial charge in [-0.2, -0.15) is 5.06 Å². The number of carbonyl (C=O) groups excluding carboxylic acids is 1. The van der Waals surface area contributed by atoms with E-state index in [9.17, 15) is 4.79 Å². The molecule has 0 atom stereocenters. The van der Waals surface area contributed by atoms with Gasteiger partial charge in [-0.25, -0.2) is 4.79 Å². The predicted octanol–water partition coefficient (Wildman–Crippen LogP) is 2.03. The lowest BCUT2D eigenvalue weighted by molar-refractivity contribution is -0.0269. The largest absolute Gasteiger partial charge is 0.481 e. The molecule has 2 aromatic rings. The number of primary amides is 1. The van der Waals surface area contributed by atoms with E-state index in [1.807, 2.05) is 0 Å². The van der Waals surface area contributed by atoms with Crippen molar-refractivity contribution in [3.8, 4) is 29.1 Å². The van der Waals surface area contributed by atoms with Gasteiger partial charge in [-0.05, 0) is 24.3 Å². The summed E-state index contributed by atoms with van der Waals surface area (Å²) in [5, 5.41) is 9.33. The number of pyridine rings is 1. The predicted molar refractivity (Wildman–Crippen MR) is 82.1 cm³/mol. The third-order valence-corrected chi connectivity index (χ3v) is 2.59. The summed E-state index contributed by atoms with van der Waals surface area (Å²) in [6.45, 7) is -0.0776. The average molecular weight is 313 g/mol. The van der Waals surface area contributed by atoms with Crippen LogP contribution in [0.3, 0.4) is 0 Å². The van der Waals surface area contributed by atoms with Gasteiger partial charge in [-0.1, -0.05) is 17.9 Å². The Morgan fingerprint density at radius 2 is 2.00 bits per heavy atom. The van der Waals surface area contributed by atoms with Crippen molar-refractivity contribution in [3.05, 3.63) is 48.8 Å². The third-order valence-electron chi connectivity index (χ3n) is 2.59. The summed E-state index contributed by atoms with van der Waals surface area (Å²) in [4.78, 5) is 14.5. The molecule has 0 saturated heterocycles. The lowest BCUT2D eigenvalue weighted by Crippen LogP contribution is -2.32. The number of rotatable bonds is 5. The first-order chi connectivity index (χ1) is 11.1. The lowest BCUT2D eigenvalue weighted by atomic mass is 10.3. The summed E-state index contributed by atoms with van der Waals surface area (Å²) >= 11 is 0. The molecule has 0 saturated carbocycles. The molecule has 2 rings (SSSR count). The molecule has 0 aliphatic rings. The van der Waals surface area contributed by atoms with Gasteiger partial charge >= 0.3 is 6.03 Å². The minimum Gasteiger partial charge on any atom is -0.481 e. The minimum absolute atomic E-state index is 0.100. The van der Waals surface area contributed by atoms with Crippen LogP contribution in [0, 0.1) is 11.8 Å². The van der Waals surface area contributed by atoms with Crippen molar-refractivity contribution in [3.63, 3.8) is 0 Å². The highest BCUT2D eigenvalue weighted by Crippen LogP contribution is 2.24. The molecule has 0 aliphatic carbocycles. The van der Waals surface area contributed by atoms with Crippen LogP contribution in [-0.4, -0.2) is 34.4 Å². The van der Waals surface area contributed by atoms with Gasteiger partial charge in [0.2, 0.25) is 0 Å². The van der Waals surface area contributed by atoms with E-state index in [2.05, 4.69) is 16.8 Å². The molecule has 0 spiro atoms. The molecule has 23 heavy (non-hydrogen) atoms. The van der Waals surface area contributed by atoms with Crippen LogP contribution in [0.25, 0.3) is 0 Å². The second-order valence-corrected chi connectivity index (χ2v) is 4.30. The average Bonchev–Trinajstić information content (AvgIpc) is 2.55. The van der Waals surface area contributed by atoms with Gasteiger partial charge in [0.1, 0.15) is 30.4 Å². The van der Waals surface area contributed by atoms with Gasteiger partial charge in [0.05, 0.1) is 6.20 Å². The second kappa shape index (κ2) is 8.26. The zero-order valence-corrected chi connectivity index (χ0v) is 12.2. The highest BCUT2D eigenvalue weighted by molar-refractivity contribution is 5.70. The number of hydrogen-bond donors (Lipinski definition) is 2. The van der Waals surface area contributed by atoms with Crippen LogP contribution in [0.5, 0.6) is 17.2 Å². The van der Waals surface area contributed by atoms with Crippen LogP contribution < -0.4 is 15.2 Å². The molecule has 0 aliphatic heterocycles. The fourth-order valence-corrected chi connectivity index (χ4v) is 1.55. The van der Waals surface area contributed by atoms with Crippen molar-refractivity contribution in [1.82, 2.24) is 10.0 Å². The number of nitrogens with two attached hydrogens (primary N) is 1. The minimum atomic E-state index is -0.958. The second-order valence-electron chi connectivity index (χ2n) is 4.30. The van der Waals surface area contributed by atoms with Crippen molar-refractivity contribution in [1.29, 1.82) is 0 Å². The van der Waals surface area contributed by atoms with Crippen LogP contribution >= 0.6 is 0 Å². The zero-order valence-electron chi connectivity index (χ0n) is 12.2. The van der Waals surface area contributed by atoms with Crippen molar-refractivity contribution in [2.75, 3.05) is 13.2 Å². The molecule has 0 bridgehead atoms. The van der Waals surface area contributed by atoms with Crippen LogP contribution in [0.4, 0.5) is 4.79 Å². The number of ether oxygens (including phenoxy) is 2. The first-order valence-electron chi connectivity index (χ1n) is 6.67. The molecule has 0 fully saturated rings. The number of nitrogens with zero attached hydrogens (tertiary/aromatic N) is 2. The Morgan fingerprint density at radius 3 is 2.74 bits per heavy atom. The smallest absolute Gasteiger partial charge is 0.339 e. The number of aromatic nitrogens is 1. The summed E-state index contributed by atoms with van der Waals surface area (Å²) in [6, 6.07) is 9.68. The SMILES string of the molecule is NC(=O)N(O)CC#CCOc1cccc(Oc2cccnc2)c1. The summed E-state index contributed by atoms with van der Waals surface area (Å²) in [7, 11) is 0. The molecule has 1 heterocycles. The van der Waals surface area contributed by atoms with Crippen LogP contribution in [0.1, 0.15) is 0 Å². The summed E-state index contributed by atoms with van der Waals surface area (Å²) in [5.41, 5.74) is 4.84. The first kappa shape index (κ1) is 16.1. The molecule has 3 N–H and O–H groups in total. The summed E-state index contributed by atoms with van der Waals surface area (Å²) in [6.07, 6.45) is 3.27. The molecule has 118 valence electrons. The molecule has 0 unspecified atom stereocenters. The highest BCUT2D eigenvalue weighted by atomic mass is 16.5. The Morgan fingerprint density at radius 1 is 1.22 bits per heavy atom. The van der Waals surface area contributed by atoms with Gasteiger partial charge in [0.15, 0.2) is 0 Å². The molecule has 1 aromatic heterocycles. The number of hydrogen-bond acceptors (Lipinski definition) is 5. The Hall–Kier alpha value is -3.24. The molecule has 7 nitrogen and oxygen atoms in total. The fraction of sp³-hybridized carbons (Fsp3) is 0.125. The highest BCUT2D eigenvalue weighted by Gasteiger charge is 2.01. The molecule has 1 aromatic carbocycles. The van der Waals surface area contributed by atoms with Gasteiger partial charge in [0, 0.05) is 12.3 Å². The quantitative estimate of drug-likeness (QED) is 0.500. The van der Waals surface area contributed by atoms with Gasteiger partial charge in [-0.15, -0.1) is 0 Å². The van der Waals surface area contributed by atoms with Crippen LogP contribution in [0.2, 0.25) is 0 Å². The molecular formula is C16H15N3O4. The van der Waals surface area contributed by atoms with E-state index in [4.69, 9.17) is 20.4 Å². The van der Waals surface area contributed by atoms with Crippen molar-refractivity contribution >= 4 is 6.03 Å². The maximum Gasteiger partial charge on any atom is 0.339 e. The summed E-state index contributed by atoms with van der Waals surface area (Å²) in [5.74, 6) is 7.02. The maximum absolute atomic E-state index is 10.6. The maximum atomic E-state index is 10.6. The topological polar surface area (TPSA) is 97.9 Å². The molecular weight excluding hydrogens is 298 g/mol. The standard InChI is InChI=1S/C16H15N3O4/c17-16(20)19(21)9-1-2-10-22-13-5-3-6-14(11-13)23-15-7-4-8-18-12-15/h3-8,11-12,21H,9-10H2,(H2,17,20). The van der Waals surface area contributed by atoms with Crippen molar-refractivity contribution in [2.24, 2.45) is 5.73 Å². The van der Waals surface area contributed by atoms with Crippen molar-refractivity contribution in [2.45, 2.75) is 0 Å². The number of hydroxylamine groups is 2. The van der Waals surface area contributed by atoms with Crippen LogP contribution in [0.15, 0.2) is 48.8 Å². The Balaban J connectivity index is 1.86. The molecule has 0 radical (unpaired) electrons. The summed E-state index contributed by atoms with van der Waals surface area (Å²) < 4.78 is 11.1. The zero-order chi connectivity index (χ0) is 16.5. The molecule has 2 amide bonds. The molecule has 7 heteroatoms. The Labute approximate surface area is 133 Å². The first-order valence-corrected chi connectivity index (χ1v) is 6.67. The number of urea groups is 1. The van der Waals surface area contributed by atoms with E-state index in [-0.39, 0.29) is 13.2 Å². The van der Waals surface area contributed by atoms with Gasteiger partial charge in [0.25, 0.3) is 0 Å². The van der Waals surface area contributed by atoms with Gasteiger partial charge < -0.3 is 15.2 Å². The van der Waals surface area contributed by atoms with Crippen molar-refractivity contribution < 1.29 is 19.5 Å². The number of benzene rings is 1. The third kappa shape index (κ3) is 5.57. The van der Waals surface area contributed by atoms with E-state index >= 15 is 0 Å². The monoisotopic (exact) mass is 313 g/mol. The van der Waals surface area contributed by atoms with E-state index < -0.39 is 6.03 Å². The Bertz CT molecular complexity index is 710. The fourth-order valence-electron chi connectivity index (χ4n) is 1.55. The van der Waals surface area contributed by atoms with Gasteiger partial charge in [-0.3, -0.25) is 10.2 Å². The van der Waals surface area contributed by atoms with E-state index in [1.165, 1.54) is 0 Å². The number of carbonyl (C=O) groups is 1. The lowest BCUT2D eigenvalue weighted by Gasteiger charge is -2.07. The van der Waals surface area contributed by atoms with Crippen LogP contribution in [-0.2, 0) is 0 Å². The van der Waals surface area contributed by atoms with E-state index in [0.29, 0.717) is 22.3 Å². The Kier molecular flexibility index (Phi) is 5.80. The van der Waals surface area contributed by atoms with E-state index in [0.717, 1.165) is 0 Å². The number of amides is 2. The normalized spacial score (nSPS) is 9.43. The van der Waals surface area contributed by atoms with E-state index in [1.54, 1.807) is 48.8 Å².